The van der Waals surface area contributed by atoms with E-state index in [1.54, 1.807) is 13.8 Å². The smallest absolute Gasteiger partial charge is 0.312 e. The summed E-state index contributed by atoms with van der Waals surface area (Å²) in [4.78, 5) is 30.0. The molecule has 1 heterocycles. The topological polar surface area (TPSA) is 60.7 Å². The van der Waals surface area contributed by atoms with E-state index in [9.17, 15) is 9.59 Å². The molecule has 0 saturated carbocycles. The Hall–Kier alpha value is -2.21. The number of aromatic nitrogens is 1. The predicted molar refractivity (Wildman–Crippen MR) is 95.0 cm³/mol. The minimum Gasteiger partial charge on any atom is -0.408 e. The lowest BCUT2D eigenvalue weighted by Gasteiger charge is -2.07. The van der Waals surface area contributed by atoms with Gasteiger partial charge in [-0.15, -0.1) is 0 Å². The minimum absolute atomic E-state index is 0.151. The molecule has 2 aromatic rings. The van der Waals surface area contributed by atoms with Crippen LogP contribution in [0.1, 0.15) is 47.5 Å². The number of ether oxygens (including phenoxy) is 1. The first-order chi connectivity index (χ1) is 11.4. The van der Waals surface area contributed by atoms with Crippen molar-refractivity contribution in [3.05, 3.63) is 39.0 Å². The molecule has 0 spiro atoms. The summed E-state index contributed by atoms with van der Waals surface area (Å²) in [5, 5.41) is 0. The number of esters is 1. The van der Waals surface area contributed by atoms with E-state index in [0.717, 1.165) is 21.7 Å². The fourth-order valence-electron chi connectivity index (χ4n) is 2.16. The maximum Gasteiger partial charge on any atom is 0.312 e. The van der Waals surface area contributed by atoms with Crippen LogP contribution in [0.15, 0.2) is 23.2 Å². The van der Waals surface area contributed by atoms with E-state index in [1.807, 2.05) is 39.0 Å². The number of carbonyl (C=O) groups excluding carboxylic acids is 2. The molecule has 2 rings (SSSR count). The number of aryl methyl sites for hydroxylation is 3. The molecule has 5 nitrogen and oxygen atoms in total. The molecule has 0 atom stereocenters. The van der Waals surface area contributed by atoms with Crippen molar-refractivity contribution < 1.29 is 14.3 Å². The van der Waals surface area contributed by atoms with Gasteiger partial charge in [-0.25, -0.2) is 9.56 Å². The van der Waals surface area contributed by atoms with Crippen LogP contribution >= 0.6 is 11.3 Å². The number of hydrogen-bond acceptors (Lipinski definition) is 5. The molecule has 0 aliphatic rings. The second-order valence-corrected chi connectivity index (χ2v) is 6.74. The van der Waals surface area contributed by atoms with E-state index >= 15 is 0 Å². The molecular weight excluding hydrogens is 324 g/mol. The van der Waals surface area contributed by atoms with Crippen LogP contribution < -0.4 is 9.54 Å². The predicted octanol–water partition coefficient (Wildman–Crippen LogP) is 4.07. The van der Waals surface area contributed by atoms with Crippen LogP contribution in [-0.4, -0.2) is 16.4 Å². The van der Waals surface area contributed by atoms with Gasteiger partial charge in [-0.3, -0.25) is 9.59 Å². The fourth-order valence-corrected chi connectivity index (χ4v) is 3.08. The Kier molecular flexibility index (Phi) is 5.72. The summed E-state index contributed by atoms with van der Waals surface area (Å²) in [6.45, 7) is 9.29. The SMILES string of the molecule is CCC(=O)Oc1c(C)sc(=Nc2cc(C)ccc2C)n1C(=O)CC. The third kappa shape index (κ3) is 3.82. The van der Waals surface area contributed by atoms with Crippen molar-refractivity contribution in [2.45, 2.75) is 47.5 Å². The monoisotopic (exact) mass is 346 g/mol. The van der Waals surface area contributed by atoms with Gasteiger partial charge in [-0.2, -0.15) is 0 Å². The molecule has 0 radical (unpaired) electrons. The summed E-state index contributed by atoms with van der Waals surface area (Å²) in [5.74, 6) is -0.239. The lowest BCUT2D eigenvalue weighted by Crippen LogP contribution is -2.24. The fraction of sp³-hybridized carbons (Fsp3) is 0.389. The average molecular weight is 346 g/mol. The Morgan fingerprint density at radius 2 is 1.88 bits per heavy atom. The van der Waals surface area contributed by atoms with Gasteiger partial charge in [-0.05, 0) is 38.0 Å². The zero-order valence-corrected chi connectivity index (χ0v) is 15.5. The Labute approximate surface area is 145 Å². The van der Waals surface area contributed by atoms with Crippen molar-refractivity contribution in [1.29, 1.82) is 0 Å². The van der Waals surface area contributed by atoms with Crippen molar-refractivity contribution in [2.24, 2.45) is 4.99 Å². The second-order valence-electron chi connectivity index (χ2n) is 5.56. The molecule has 1 aromatic carbocycles. The molecule has 6 heteroatoms. The molecule has 0 unspecified atom stereocenters. The van der Waals surface area contributed by atoms with Crippen LogP contribution in [0.2, 0.25) is 0 Å². The van der Waals surface area contributed by atoms with E-state index in [2.05, 4.69) is 4.99 Å². The van der Waals surface area contributed by atoms with Crippen LogP contribution in [0.5, 0.6) is 5.88 Å². The maximum absolute atomic E-state index is 12.4. The third-order valence-electron chi connectivity index (χ3n) is 3.57. The van der Waals surface area contributed by atoms with E-state index in [1.165, 1.54) is 15.9 Å². The summed E-state index contributed by atoms with van der Waals surface area (Å²) < 4.78 is 6.79. The molecule has 128 valence electrons. The molecule has 0 aliphatic carbocycles. The number of hydrogen-bond donors (Lipinski definition) is 0. The van der Waals surface area contributed by atoms with Gasteiger partial charge in [0.15, 0.2) is 4.80 Å². The van der Waals surface area contributed by atoms with Gasteiger partial charge in [0.1, 0.15) is 0 Å². The van der Waals surface area contributed by atoms with E-state index in [4.69, 9.17) is 4.74 Å². The standard InChI is InChI=1S/C18H22N2O3S/c1-6-15(21)20-17(23-16(22)7-2)13(5)24-18(20)19-14-10-11(3)8-9-12(14)4/h8-10H,6-7H2,1-5H3. The summed E-state index contributed by atoms with van der Waals surface area (Å²) in [6, 6.07) is 6.00. The molecule has 24 heavy (non-hydrogen) atoms. The first-order valence-electron chi connectivity index (χ1n) is 7.95. The molecule has 0 fully saturated rings. The van der Waals surface area contributed by atoms with Gasteiger partial charge in [0, 0.05) is 12.8 Å². The first kappa shape index (κ1) is 18.1. The van der Waals surface area contributed by atoms with Gasteiger partial charge in [-0.1, -0.05) is 37.3 Å². The van der Waals surface area contributed by atoms with Crippen molar-refractivity contribution in [1.82, 2.24) is 4.57 Å². The Morgan fingerprint density at radius 1 is 1.17 bits per heavy atom. The van der Waals surface area contributed by atoms with Gasteiger partial charge >= 0.3 is 5.97 Å². The van der Waals surface area contributed by atoms with E-state index < -0.39 is 0 Å². The molecular formula is C18H22N2O3S. The average Bonchev–Trinajstić information content (AvgIpc) is 2.85. The Bertz CT molecular complexity index is 846. The number of rotatable bonds is 4. The van der Waals surface area contributed by atoms with Crippen molar-refractivity contribution >= 4 is 28.9 Å². The highest BCUT2D eigenvalue weighted by molar-refractivity contribution is 7.09. The van der Waals surface area contributed by atoms with Crippen molar-refractivity contribution in [2.75, 3.05) is 0 Å². The number of thiazole rings is 1. The highest BCUT2D eigenvalue weighted by Gasteiger charge is 2.19. The highest BCUT2D eigenvalue weighted by Crippen LogP contribution is 2.24. The summed E-state index contributed by atoms with van der Waals surface area (Å²) >= 11 is 1.34. The first-order valence-corrected chi connectivity index (χ1v) is 8.77. The molecule has 0 saturated heterocycles. The lowest BCUT2D eigenvalue weighted by atomic mass is 10.1. The molecule has 0 N–H and O–H groups in total. The van der Waals surface area contributed by atoms with E-state index in [-0.39, 0.29) is 24.2 Å². The van der Waals surface area contributed by atoms with Crippen LogP contribution in [0.3, 0.4) is 0 Å². The normalized spacial score (nSPS) is 11.6. The quantitative estimate of drug-likeness (QED) is 0.784. The maximum atomic E-state index is 12.4. The number of nitrogens with zero attached hydrogens (tertiary/aromatic N) is 2. The largest absolute Gasteiger partial charge is 0.408 e. The van der Waals surface area contributed by atoms with Gasteiger partial charge in [0.05, 0.1) is 10.6 Å². The third-order valence-corrected chi connectivity index (χ3v) is 4.51. The summed E-state index contributed by atoms with van der Waals surface area (Å²) in [7, 11) is 0. The van der Waals surface area contributed by atoms with Gasteiger partial charge in [0.25, 0.3) is 0 Å². The van der Waals surface area contributed by atoms with Crippen LogP contribution in [-0.2, 0) is 4.79 Å². The van der Waals surface area contributed by atoms with Gasteiger partial charge in [0.2, 0.25) is 11.8 Å². The Morgan fingerprint density at radius 3 is 2.50 bits per heavy atom. The molecule has 0 amide bonds. The number of benzene rings is 1. The van der Waals surface area contributed by atoms with Crippen molar-refractivity contribution in [3.8, 4) is 5.88 Å². The van der Waals surface area contributed by atoms with Crippen LogP contribution in [0, 0.1) is 20.8 Å². The summed E-state index contributed by atoms with van der Waals surface area (Å²) in [6.07, 6.45) is 0.548. The summed E-state index contributed by atoms with van der Waals surface area (Å²) in [5.41, 5.74) is 2.93. The zero-order chi connectivity index (χ0) is 17.9. The lowest BCUT2D eigenvalue weighted by molar-refractivity contribution is -0.134. The van der Waals surface area contributed by atoms with E-state index in [0.29, 0.717) is 11.2 Å². The molecule has 0 aliphatic heterocycles. The van der Waals surface area contributed by atoms with Gasteiger partial charge < -0.3 is 4.74 Å². The van der Waals surface area contributed by atoms with Crippen LogP contribution in [0.25, 0.3) is 0 Å². The minimum atomic E-state index is -0.369. The van der Waals surface area contributed by atoms with Crippen molar-refractivity contribution in [3.63, 3.8) is 0 Å². The highest BCUT2D eigenvalue weighted by atomic mass is 32.1. The zero-order valence-electron chi connectivity index (χ0n) is 14.7. The number of carbonyl (C=O) groups is 2. The molecule has 0 bridgehead atoms. The molecule has 1 aromatic heterocycles. The Balaban J connectivity index is 2.67. The second kappa shape index (κ2) is 7.57. The van der Waals surface area contributed by atoms with Crippen LogP contribution in [0.4, 0.5) is 5.69 Å².